The molecule has 1 aliphatic rings. The van der Waals surface area contributed by atoms with Crippen LogP contribution in [0.5, 0.6) is 11.5 Å². The Morgan fingerprint density at radius 2 is 2.00 bits per heavy atom. The fourth-order valence-corrected chi connectivity index (χ4v) is 3.52. The molecule has 3 aromatic rings. The summed E-state index contributed by atoms with van der Waals surface area (Å²) in [4.78, 5) is 19.0. The third-order valence-electron chi connectivity index (χ3n) is 4.95. The van der Waals surface area contributed by atoms with E-state index < -0.39 is 5.82 Å². The van der Waals surface area contributed by atoms with Crippen molar-refractivity contribution >= 4 is 5.91 Å². The van der Waals surface area contributed by atoms with Crippen molar-refractivity contribution in [1.82, 2.24) is 15.0 Å². The molecule has 0 radical (unpaired) electrons. The number of benzene rings is 2. The molecule has 150 valence electrons. The van der Waals surface area contributed by atoms with E-state index >= 15 is 0 Å². The van der Waals surface area contributed by atoms with Crippen LogP contribution in [0.25, 0.3) is 11.4 Å². The zero-order valence-corrected chi connectivity index (χ0v) is 16.1. The Hall–Kier alpha value is -3.42. The Kier molecular flexibility index (Phi) is 5.16. The molecule has 0 aliphatic carbocycles. The summed E-state index contributed by atoms with van der Waals surface area (Å²) in [6.07, 6.45) is 1.51. The first-order valence-corrected chi connectivity index (χ1v) is 9.23. The summed E-state index contributed by atoms with van der Waals surface area (Å²) >= 11 is 0. The highest BCUT2D eigenvalue weighted by molar-refractivity contribution is 5.94. The molecule has 8 heteroatoms. The lowest BCUT2D eigenvalue weighted by atomic mass is 10.1. The van der Waals surface area contributed by atoms with E-state index in [1.165, 1.54) is 18.2 Å². The van der Waals surface area contributed by atoms with E-state index in [4.69, 9.17) is 14.0 Å². The molecule has 29 heavy (non-hydrogen) atoms. The Labute approximate surface area is 167 Å². The van der Waals surface area contributed by atoms with Crippen LogP contribution in [0, 0.1) is 5.82 Å². The topological polar surface area (TPSA) is 77.7 Å². The summed E-state index contributed by atoms with van der Waals surface area (Å²) in [5, 5.41) is 4.06. The summed E-state index contributed by atoms with van der Waals surface area (Å²) in [6, 6.07) is 10.7. The smallest absolute Gasteiger partial charge is 0.254 e. The maximum atomic E-state index is 13.5. The summed E-state index contributed by atoms with van der Waals surface area (Å²) in [5.41, 5.74) is 1.01. The van der Waals surface area contributed by atoms with Gasteiger partial charge in [-0.3, -0.25) is 4.79 Å². The van der Waals surface area contributed by atoms with Crippen LogP contribution in [0.2, 0.25) is 0 Å². The van der Waals surface area contributed by atoms with Gasteiger partial charge < -0.3 is 18.9 Å². The molecule has 0 saturated carbocycles. The second-order valence-corrected chi connectivity index (χ2v) is 6.69. The van der Waals surface area contributed by atoms with Crippen molar-refractivity contribution in [3.8, 4) is 22.9 Å². The largest absolute Gasteiger partial charge is 0.493 e. The van der Waals surface area contributed by atoms with Gasteiger partial charge in [0.15, 0.2) is 11.5 Å². The van der Waals surface area contributed by atoms with Crippen LogP contribution in [0.1, 0.15) is 35.1 Å². The van der Waals surface area contributed by atoms with Crippen LogP contribution in [-0.4, -0.2) is 41.7 Å². The van der Waals surface area contributed by atoms with Crippen molar-refractivity contribution in [3.05, 3.63) is 59.7 Å². The van der Waals surface area contributed by atoms with Gasteiger partial charge in [-0.1, -0.05) is 11.2 Å². The molecule has 4 rings (SSSR count). The monoisotopic (exact) mass is 397 g/mol. The van der Waals surface area contributed by atoms with Crippen molar-refractivity contribution in [2.45, 2.75) is 18.9 Å². The minimum atomic E-state index is -0.444. The van der Waals surface area contributed by atoms with E-state index in [1.807, 2.05) is 0 Å². The molecule has 2 heterocycles. The van der Waals surface area contributed by atoms with Crippen molar-refractivity contribution in [2.75, 3.05) is 20.8 Å². The quantitative estimate of drug-likeness (QED) is 0.650. The number of nitrogens with zero attached hydrogens (tertiary/aromatic N) is 3. The van der Waals surface area contributed by atoms with Gasteiger partial charge >= 0.3 is 0 Å². The highest BCUT2D eigenvalue weighted by atomic mass is 19.1. The molecule has 0 bridgehead atoms. The van der Waals surface area contributed by atoms with Gasteiger partial charge in [0, 0.05) is 17.7 Å². The molecule has 7 nitrogen and oxygen atoms in total. The molecule has 1 atom stereocenters. The number of hydrogen-bond acceptors (Lipinski definition) is 6. The normalized spacial score (nSPS) is 16.1. The van der Waals surface area contributed by atoms with Crippen molar-refractivity contribution < 1.29 is 23.2 Å². The molecular weight excluding hydrogens is 377 g/mol. The van der Waals surface area contributed by atoms with Crippen LogP contribution in [0.15, 0.2) is 47.0 Å². The van der Waals surface area contributed by atoms with E-state index in [-0.39, 0.29) is 11.9 Å². The van der Waals surface area contributed by atoms with Crippen LogP contribution in [0.3, 0.4) is 0 Å². The van der Waals surface area contributed by atoms with E-state index in [1.54, 1.807) is 43.4 Å². The van der Waals surface area contributed by atoms with Gasteiger partial charge in [-0.05, 0) is 49.2 Å². The first kappa shape index (κ1) is 18.9. The highest BCUT2D eigenvalue weighted by Crippen LogP contribution is 2.35. The molecule has 2 aromatic carbocycles. The van der Waals surface area contributed by atoms with E-state index in [0.29, 0.717) is 47.3 Å². The molecule has 0 unspecified atom stereocenters. The third-order valence-corrected chi connectivity index (χ3v) is 4.95. The minimum absolute atomic E-state index is 0.252. The van der Waals surface area contributed by atoms with Gasteiger partial charge in [-0.15, -0.1) is 0 Å². The maximum Gasteiger partial charge on any atom is 0.254 e. The number of carbonyl (C=O) groups excluding carboxylic acids is 1. The lowest BCUT2D eigenvalue weighted by Crippen LogP contribution is -2.30. The standard InChI is InChI=1S/C21H20FN3O4/c1-27-17-9-8-13(12-18(17)28-2)19-23-20(29-24-19)16-7-4-10-25(16)21(26)14-5-3-6-15(22)11-14/h3,5-6,8-9,11-12,16H,4,7,10H2,1-2H3/t16-/m0/s1. The van der Waals surface area contributed by atoms with Gasteiger partial charge in [0.1, 0.15) is 11.9 Å². The average Bonchev–Trinajstić information content (AvgIpc) is 3.42. The lowest BCUT2D eigenvalue weighted by Gasteiger charge is -2.21. The minimum Gasteiger partial charge on any atom is -0.493 e. The van der Waals surface area contributed by atoms with Crippen LogP contribution < -0.4 is 9.47 Å². The van der Waals surface area contributed by atoms with E-state index in [2.05, 4.69) is 10.1 Å². The third kappa shape index (κ3) is 3.65. The van der Waals surface area contributed by atoms with Gasteiger partial charge in [-0.2, -0.15) is 4.98 Å². The molecule has 1 amide bonds. The fraction of sp³-hybridized carbons (Fsp3) is 0.286. The van der Waals surface area contributed by atoms with Crippen molar-refractivity contribution in [1.29, 1.82) is 0 Å². The average molecular weight is 397 g/mol. The summed E-state index contributed by atoms with van der Waals surface area (Å²) < 4.78 is 29.5. The lowest BCUT2D eigenvalue weighted by molar-refractivity contribution is 0.0709. The van der Waals surface area contributed by atoms with Crippen molar-refractivity contribution in [2.24, 2.45) is 0 Å². The highest BCUT2D eigenvalue weighted by Gasteiger charge is 2.34. The van der Waals surface area contributed by atoms with Gasteiger partial charge in [0.2, 0.25) is 11.7 Å². The number of methoxy groups -OCH3 is 2. The van der Waals surface area contributed by atoms with Crippen molar-refractivity contribution in [3.63, 3.8) is 0 Å². The molecule has 0 spiro atoms. The molecule has 1 fully saturated rings. The molecule has 1 saturated heterocycles. The number of rotatable bonds is 5. The SMILES string of the molecule is COc1ccc(-c2noc([C@@H]3CCCN3C(=O)c3cccc(F)c3)n2)cc1OC. The Morgan fingerprint density at radius 1 is 1.17 bits per heavy atom. The van der Waals surface area contributed by atoms with E-state index in [9.17, 15) is 9.18 Å². The zero-order chi connectivity index (χ0) is 20.4. The molecule has 0 N–H and O–H groups in total. The number of carbonyl (C=O) groups is 1. The molecular formula is C21H20FN3O4. The number of amides is 1. The molecule has 1 aromatic heterocycles. The first-order chi connectivity index (χ1) is 14.1. The first-order valence-electron chi connectivity index (χ1n) is 9.23. The number of ether oxygens (including phenoxy) is 2. The Bertz CT molecular complexity index is 1040. The summed E-state index contributed by atoms with van der Waals surface area (Å²) in [6.45, 7) is 0.550. The maximum absolute atomic E-state index is 13.5. The number of halogens is 1. The Morgan fingerprint density at radius 3 is 2.76 bits per heavy atom. The van der Waals surface area contributed by atoms with Crippen LogP contribution in [0.4, 0.5) is 4.39 Å². The predicted octanol–water partition coefficient (Wildman–Crippen LogP) is 3.87. The van der Waals surface area contributed by atoms with Gasteiger partial charge in [-0.25, -0.2) is 4.39 Å². The number of likely N-dealkylation sites (tertiary alicyclic amines) is 1. The molecule has 1 aliphatic heterocycles. The number of aromatic nitrogens is 2. The van der Waals surface area contributed by atoms with Crippen LogP contribution in [-0.2, 0) is 0 Å². The van der Waals surface area contributed by atoms with E-state index in [0.717, 1.165) is 6.42 Å². The Balaban J connectivity index is 1.59. The van der Waals surface area contributed by atoms with Gasteiger partial charge in [0.05, 0.1) is 14.2 Å². The summed E-state index contributed by atoms with van der Waals surface area (Å²) in [5.74, 6) is 1.21. The van der Waals surface area contributed by atoms with Crippen LogP contribution >= 0.6 is 0 Å². The fourth-order valence-electron chi connectivity index (χ4n) is 3.52. The second kappa shape index (κ2) is 7.90. The predicted molar refractivity (Wildman–Crippen MR) is 102 cm³/mol. The second-order valence-electron chi connectivity index (χ2n) is 6.69. The summed E-state index contributed by atoms with van der Waals surface area (Å²) in [7, 11) is 3.12. The number of hydrogen-bond donors (Lipinski definition) is 0. The van der Waals surface area contributed by atoms with Gasteiger partial charge in [0.25, 0.3) is 5.91 Å². The zero-order valence-electron chi connectivity index (χ0n) is 16.1.